The Morgan fingerprint density at radius 2 is 1.74 bits per heavy atom. The fourth-order valence-corrected chi connectivity index (χ4v) is 5.96. The quantitative estimate of drug-likeness (QED) is 0.253. The van der Waals surface area contributed by atoms with Crippen LogP contribution in [0.3, 0.4) is 0 Å². The van der Waals surface area contributed by atoms with E-state index in [1.54, 1.807) is 44.3 Å². The molecule has 38 heavy (non-hydrogen) atoms. The van der Waals surface area contributed by atoms with Gasteiger partial charge in [-0.15, -0.1) is 0 Å². The lowest BCUT2D eigenvalue weighted by molar-refractivity contribution is -0.118. The molecule has 1 fully saturated rings. The van der Waals surface area contributed by atoms with Crippen molar-refractivity contribution in [3.05, 3.63) is 106 Å². The monoisotopic (exact) mass is 533 g/mol. The molecule has 0 N–H and O–H groups in total. The summed E-state index contributed by atoms with van der Waals surface area (Å²) in [4.78, 5) is 16.1. The summed E-state index contributed by atoms with van der Waals surface area (Å²) in [5.41, 5.74) is 4.44. The van der Waals surface area contributed by atoms with E-state index in [1.165, 1.54) is 24.3 Å². The molecule has 0 amide bonds. The van der Waals surface area contributed by atoms with Crippen molar-refractivity contribution in [2.75, 3.05) is 0 Å². The van der Waals surface area contributed by atoms with Crippen molar-refractivity contribution in [1.82, 2.24) is 4.98 Å². The lowest BCUT2D eigenvalue weighted by atomic mass is 9.95. The van der Waals surface area contributed by atoms with Gasteiger partial charge in [-0.05, 0) is 96.3 Å². The van der Waals surface area contributed by atoms with Crippen LogP contribution in [0.2, 0.25) is 5.02 Å². The molecule has 1 aromatic heterocycles. The van der Waals surface area contributed by atoms with Gasteiger partial charge < -0.3 is 4.74 Å². The Morgan fingerprint density at radius 3 is 2.47 bits per heavy atom. The van der Waals surface area contributed by atoms with E-state index in [9.17, 15) is 13.6 Å². The van der Waals surface area contributed by atoms with Crippen molar-refractivity contribution >= 4 is 17.4 Å². The van der Waals surface area contributed by atoms with Gasteiger partial charge in [-0.25, -0.2) is 18.2 Å². The molecule has 192 valence electrons. The second-order valence-corrected chi connectivity index (χ2v) is 10.6. The molecule has 0 aliphatic heterocycles. The van der Waals surface area contributed by atoms with Crippen molar-refractivity contribution in [3.8, 4) is 28.1 Å². The highest BCUT2D eigenvalue weighted by Crippen LogP contribution is 2.61. The second-order valence-electron chi connectivity index (χ2n) is 10.1. The zero-order valence-electron chi connectivity index (χ0n) is 20.7. The molecule has 3 nitrogen and oxygen atoms in total. The Balaban J connectivity index is 1.23. The minimum Gasteiger partial charge on any atom is -0.473 e. The van der Waals surface area contributed by atoms with E-state index >= 15 is 4.39 Å². The number of Topliss-reactive ketones (excluding diaryl/α,β-unsaturated/α-hetero) is 1. The first-order valence-corrected chi connectivity index (χ1v) is 12.8. The molecule has 0 bridgehead atoms. The fraction of sp³-hybridized carbons (Fsp3) is 0.226. The van der Waals surface area contributed by atoms with Crippen LogP contribution in [0.15, 0.2) is 60.8 Å². The van der Waals surface area contributed by atoms with Gasteiger partial charge in [0.05, 0.1) is 0 Å². The molecular formula is C31H23ClF3NO2. The lowest BCUT2D eigenvalue weighted by Gasteiger charge is -2.14. The van der Waals surface area contributed by atoms with Crippen molar-refractivity contribution in [2.24, 2.45) is 11.8 Å². The number of halogens is 4. The Bertz CT molecular complexity index is 1620. The fourth-order valence-electron chi connectivity index (χ4n) is 5.80. The van der Waals surface area contributed by atoms with E-state index in [0.29, 0.717) is 28.5 Å². The number of hydrogen-bond acceptors (Lipinski definition) is 3. The molecule has 0 unspecified atom stereocenters. The molecule has 0 radical (unpaired) electrons. The molecule has 2 aliphatic carbocycles. The van der Waals surface area contributed by atoms with E-state index in [0.717, 1.165) is 17.5 Å². The Hall–Kier alpha value is -3.64. The highest BCUT2D eigenvalue weighted by molar-refractivity contribution is 6.30. The van der Waals surface area contributed by atoms with Crippen LogP contribution in [-0.2, 0) is 17.8 Å². The van der Waals surface area contributed by atoms with Crippen LogP contribution in [0.4, 0.5) is 13.2 Å². The minimum atomic E-state index is -0.554. The summed E-state index contributed by atoms with van der Waals surface area (Å²) in [7, 11) is 0. The molecule has 7 heteroatoms. The summed E-state index contributed by atoms with van der Waals surface area (Å²) in [6.07, 6.45) is 2.58. The van der Waals surface area contributed by atoms with Crippen molar-refractivity contribution < 1.29 is 22.7 Å². The number of ether oxygens (including phenoxy) is 1. The summed E-state index contributed by atoms with van der Waals surface area (Å²) < 4.78 is 50.2. The zero-order chi connectivity index (χ0) is 26.7. The summed E-state index contributed by atoms with van der Waals surface area (Å²) in [5.74, 6) is -0.229. The number of pyridine rings is 1. The molecule has 2 aliphatic rings. The lowest BCUT2D eigenvalue weighted by Crippen LogP contribution is -2.05. The maximum atomic E-state index is 15.2. The molecule has 3 atom stereocenters. The Morgan fingerprint density at radius 1 is 0.974 bits per heavy atom. The van der Waals surface area contributed by atoms with Crippen molar-refractivity contribution in [3.63, 3.8) is 0 Å². The number of aryl methyl sites for hydroxylation is 1. The van der Waals surface area contributed by atoms with Gasteiger partial charge in [-0.3, -0.25) is 4.79 Å². The van der Waals surface area contributed by atoms with Crippen LogP contribution < -0.4 is 4.74 Å². The molecule has 1 heterocycles. The number of carbonyl (C=O) groups excluding carboxylic acids is 1. The highest BCUT2D eigenvalue weighted by atomic mass is 35.5. The van der Waals surface area contributed by atoms with Crippen LogP contribution in [0.5, 0.6) is 5.88 Å². The van der Waals surface area contributed by atoms with Gasteiger partial charge in [0.25, 0.3) is 0 Å². The summed E-state index contributed by atoms with van der Waals surface area (Å²) in [6, 6.07) is 13.5. The molecule has 0 saturated heterocycles. The van der Waals surface area contributed by atoms with Crippen molar-refractivity contribution in [2.45, 2.75) is 32.8 Å². The number of benzene rings is 3. The molecule has 0 spiro atoms. The number of hydrogen-bond donors (Lipinski definition) is 0. The largest absolute Gasteiger partial charge is 0.473 e. The van der Waals surface area contributed by atoms with Gasteiger partial charge in [-0.1, -0.05) is 23.7 Å². The first-order valence-electron chi connectivity index (χ1n) is 12.4. The zero-order valence-corrected chi connectivity index (χ0v) is 21.5. The number of nitrogens with zero attached hydrogens (tertiary/aromatic N) is 1. The third-order valence-electron chi connectivity index (χ3n) is 7.72. The maximum absolute atomic E-state index is 15.2. The molecule has 4 aromatic rings. The standard InChI is InChI=1S/C31H23ClF3NO2/c1-15-7-26(33)19(14-38-29-11-18-8-24-30(16(2)37)31(24)25(18)13-36-29)9-23(15)22-5-3-17(10-27(22)34)21-6-4-20(32)12-28(21)35/h3-7,9-13,24,30-31H,8,14H2,1-2H3/t24-,30-,31+/m0/s1. The Kier molecular flexibility index (Phi) is 6.03. The normalized spacial score (nSPS) is 19.2. The predicted octanol–water partition coefficient (Wildman–Crippen LogP) is 7.85. The molecule has 6 rings (SSSR count). The number of fused-ring (bicyclic) bond motifs is 3. The first-order chi connectivity index (χ1) is 18.2. The first kappa shape index (κ1) is 24.7. The van der Waals surface area contributed by atoms with E-state index < -0.39 is 17.5 Å². The number of aromatic nitrogens is 1. The Labute approximate surface area is 223 Å². The molecule has 3 aromatic carbocycles. The van der Waals surface area contributed by atoms with Gasteiger partial charge in [0.1, 0.15) is 29.8 Å². The number of rotatable bonds is 6. The average Bonchev–Trinajstić information content (AvgIpc) is 3.46. The second kappa shape index (κ2) is 9.28. The van der Waals surface area contributed by atoms with Gasteiger partial charge >= 0.3 is 0 Å². The van der Waals surface area contributed by atoms with Crippen LogP contribution in [0.1, 0.15) is 35.1 Å². The third kappa shape index (κ3) is 4.27. The van der Waals surface area contributed by atoms with Gasteiger partial charge in [0.2, 0.25) is 5.88 Å². The van der Waals surface area contributed by atoms with Gasteiger partial charge in [0, 0.05) is 39.9 Å². The van der Waals surface area contributed by atoms with Gasteiger partial charge in [-0.2, -0.15) is 0 Å². The minimum absolute atomic E-state index is 0.0798. The van der Waals surface area contributed by atoms with Crippen molar-refractivity contribution in [1.29, 1.82) is 0 Å². The highest BCUT2D eigenvalue weighted by Gasteiger charge is 2.58. The van der Waals surface area contributed by atoms with Crippen LogP contribution in [0.25, 0.3) is 22.3 Å². The summed E-state index contributed by atoms with van der Waals surface area (Å²) in [5, 5.41) is 0.258. The van der Waals surface area contributed by atoms with E-state index in [-0.39, 0.29) is 45.9 Å². The van der Waals surface area contributed by atoms with Crippen LogP contribution in [-0.4, -0.2) is 10.8 Å². The number of ketones is 1. The average molecular weight is 534 g/mol. The van der Waals surface area contributed by atoms with E-state index in [4.69, 9.17) is 16.3 Å². The summed E-state index contributed by atoms with van der Waals surface area (Å²) in [6.45, 7) is 3.26. The van der Waals surface area contributed by atoms with E-state index in [1.807, 2.05) is 6.07 Å². The van der Waals surface area contributed by atoms with Crippen LogP contribution >= 0.6 is 11.6 Å². The number of carbonyl (C=O) groups is 1. The van der Waals surface area contributed by atoms with Gasteiger partial charge in [0.15, 0.2) is 0 Å². The molecular weight excluding hydrogens is 511 g/mol. The SMILES string of the molecule is CC(=O)[C@H]1[C@@H]2Cc3cc(OCc4cc(-c5ccc(-c6ccc(Cl)cc6F)cc5F)c(C)cc4F)ncc3[C@@H]21. The predicted molar refractivity (Wildman–Crippen MR) is 140 cm³/mol. The third-order valence-corrected chi connectivity index (χ3v) is 7.96. The topological polar surface area (TPSA) is 39.2 Å². The smallest absolute Gasteiger partial charge is 0.213 e. The van der Waals surface area contributed by atoms with E-state index in [2.05, 4.69) is 4.98 Å². The summed E-state index contributed by atoms with van der Waals surface area (Å²) >= 11 is 5.83. The van der Waals surface area contributed by atoms with Crippen LogP contribution in [0, 0.1) is 36.2 Å². The molecule has 1 saturated carbocycles. The maximum Gasteiger partial charge on any atom is 0.213 e.